The summed E-state index contributed by atoms with van der Waals surface area (Å²) in [6.45, 7) is 3.62. The highest BCUT2D eigenvalue weighted by Crippen LogP contribution is 2.50. The van der Waals surface area contributed by atoms with E-state index in [2.05, 4.69) is 12.6 Å². The minimum absolute atomic E-state index is 0.0527. The second-order valence-corrected chi connectivity index (χ2v) is 6.47. The average Bonchev–Trinajstić information content (AvgIpc) is 2.28. The molecule has 0 fully saturated rings. The summed E-state index contributed by atoms with van der Waals surface area (Å²) in [7, 11) is -0.941. The topological polar surface area (TPSA) is 29.5 Å². The van der Waals surface area contributed by atoms with Gasteiger partial charge in [0.2, 0.25) is 0 Å². The first kappa shape index (κ1) is 13.8. The Kier molecular flexibility index (Phi) is 5.06. The van der Waals surface area contributed by atoms with E-state index in [1.165, 1.54) is 0 Å². The van der Waals surface area contributed by atoms with Crippen LogP contribution < -0.4 is 0 Å². The lowest BCUT2D eigenvalue weighted by Crippen LogP contribution is -2.20. The van der Waals surface area contributed by atoms with E-state index < -0.39 is 7.52 Å². The summed E-state index contributed by atoms with van der Waals surface area (Å²) in [4.78, 5) is 0. The lowest BCUT2D eigenvalue weighted by molar-refractivity contribution is 0.295. The molecule has 1 rings (SSSR count). The predicted molar refractivity (Wildman–Crippen MR) is 71.1 cm³/mol. The Hall–Kier alpha value is -0.280. The quantitative estimate of drug-likeness (QED) is 0.499. The molecule has 0 spiro atoms. The summed E-state index contributed by atoms with van der Waals surface area (Å²) in [5.74, 6) is 0.166. The third kappa shape index (κ3) is 3.36. The molecule has 0 bridgehead atoms. The van der Waals surface area contributed by atoms with Crippen LogP contribution in [-0.2, 0) is 9.09 Å². The van der Waals surface area contributed by atoms with Crippen molar-refractivity contribution >= 4 is 20.1 Å². The van der Waals surface area contributed by atoms with Crippen LogP contribution in [0.3, 0.4) is 0 Å². The second-order valence-electron chi connectivity index (χ2n) is 3.72. The maximum Gasteiger partial charge on any atom is 0.270 e. The van der Waals surface area contributed by atoms with Gasteiger partial charge in [0.25, 0.3) is 7.52 Å². The molecule has 1 aromatic carbocycles. The Morgan fingerprint density at radius 3 is 2.50 bits per heavy atom. The van der Waals surface area contributed by atoms with Crippen LogP contribution in [0, 0.1) is 0 Å². The Labute approximate surface area is 103 Å². The van der Waals surface area contributed by atoms with E-state index in [1.807, 2.05) is 44.3 Å². The van der Waals surface area contributed by atoms with Gasteiger partial charge in [-0.1, -0.05) is 30.3 Å². The molecule has 0 aliphatic carbocycles. The lowest BCUT2D eigenvalue weighted by Gasteiger charge is -2.30. The van der Waals surface area contributed by atoms with E-state index in [-0.39, 0.29) is 12.0 Å². The second kappa shape index (κ2) is 5.87. The third-order valence-electron chi connectivity index (χ3n) is 2.71. The molecule has 0 aliphatic rings. The van der Waals surface area contributed by atoms with Gasteiger partial charge in [-0.15, -0.1) is 0 Å². The lowest BCUT2D eigenvalue weighted by atomic mass is 10.1. The van der Waals surface area contributed by atoms with Gasteiger partial charge in [-0.3, -0.25) is 4.57 Å². The van der Waals surface area contributed by atoms with Crippen molar-refractivity contribution in [3.05, 3.63) is 35.9 Å². The monoisotopic (exact) mass is 259 g/mol. The van der Waals surface area contributed by atoms with Crippen molar-refractivity contribution in [2.45, 2.75) is 13.0 Å². The molecule has 0 aliphatic heterocycles. The fourth-order valence-corrected chi connectivity index (χ4v) is 3.26. The molecule has 1 aromatic rings. The van der Waals surface area contributed by atoms with Crippen LogP contribution in [0.25, 0.3) is 0 Å². The van der Waals surface area contributed by atoms with Crippen LogP contribution in [0.4, 0.5) is 0 Å². The summed E-state index contributed by atoms with van der Waals surface area (Å²) in [6, 6.07) is 9.99. The number of hydrogen-bond donors (Lipinski definition) is 1. The van der Waals surface area contributed by atoms with E-state index in [4.69, 9.17) is 4.52 Å². The zero-order chi connectivity index (χ0) is 12.2. The summed E-state index contributed by atoms with van der Waals surface area (Å²) in [6.07, 6.45) is 0. The van der Waals surface area contributed by atoms with Crippen LogP contribution in [0.2, 0.25) is 0 Å². The van der Waals surface area contributed by atoms with Crippen molar-refractivity contribution in [3.63, 3.8) is 0 Å². The molecule has 2 atom stereocenters. The number of thiol groups is 1. The van der Waals surface area contributed by atoms with Gasteiger partial charge in [-0.25, -0.2) is 4.67 Å². The zero-order valence-electron chi connectivity index (χ0n) is 9.83. The summed E-state index contributed by atoms with van der Waals surface area (Å²) >= 11 is 3.94. The first-order valence-electron chi connectivity index (χ1n) is 5.10. The number of nitrogens with zero attached hydrogens (tertiary/aromatic N) is 1. The highest BCUT2D eigenvalue weighted by molar-refractivity contribution is 7.80. The molecule has 0 N–H and O–H groups in total. The fourth-order valence-electron chi connectivity index (χ4n) is 1.46. The SMILES string of the molecule is C[C@@H](c1ccccc1)N(C)P(C)(=O)OCS. The Morgan fingerprint density at radius 1 is 1.44 bits per heavy atom. The largest absolute Gasteiger partial charge is 0.307 e. The smallest absolute Gasteiger partial charge is 0.270 e. The molecule has 1 unspecified atom stereocenters. The van der Waals surface area contributed by atoms with Gasteiger partial charge in [-0.05, 0) is 19.5 Å². The van der Waals surface area contributed by atoms with Crippen molar-refractivity contribution in [2.75, 3.05) is 19.7 Å². The summed E-state index contributed by atoms with van der Waals surface area (Å²) < 4.78 is 19.1. The van der Waals surface area contributed by atoms with Crippen LogP contribution >= 0.6 is 20.1 Å². The van der Waals surface area contributed by atoms with Crippen LogP contribution in [0.15, 0.2) is 30.3 Å². The predicted octanol–water partition coefficient (Wildman–Crippen LogP) is 3.41. The van der Waals surface area contributed by atoms with E-state index in [9.17, 15) is 4.57 Å². The molecular formula is C11H18NO2PS. The molecule has 0 amide bonds. The van der Waals surface area contributed by atoms with Crippen molar-refractivity contribution in [1.29, 1.82) is 0 Å². The van der Waals surface area contributed by atoms with Gasteiger partial charge in [0, 0.05) is 12.7 Å². The molecule has 0 radical (unpaired) electrons. The number of rotatable bonds is 5. The Balaban J connectivity index is 2.82. The standard InChI is InChI=1S/C11H18NO2PS/c1-10(11-7-5-4-6-8-11)12(2)15(3,13)14-9-16/h4-8,10,16H,9H2,1-3H3/t10-,15?/m0/s1. The molecule has 16 heavy (non-hydrogen) atoms. The zero-order valence-corrected chi connectivity index (χ0v) is 11.6. The summed E-state index contributed by atoms with van der Waals surface area (Å²) in [5.41, 5.74) is 1.12. The molecule has 0 heterocycles. The molecule has 0 aromatic heterocycles. The average molecular weight is 259 g/mol. The number of benzene rings is 1. The molecular weight excluding hydrogens is 241 g/mol. The molecule has 90 valence electrons. The van der Waals surface area contributed by atoms with Gasteiger partial charge in [0.1, 0.15) is 0 Å². The normalized spacial score (nSPS) is 17.1. The molecule has 0 saturated heterocycles. The summed E-state index contributed by atoms with van der Waals surface area (Å²) in [5, 5.41) is 0. The van der Waals surface area contributed by atoms with Gasteiger partial charge in [0.15, 0.2) is 0 Å². The van der Waals surface area contributed by atoms with Crippen LogP contribution in [0.1, 0.15) is 18.5 Å². The van der Waals surface area contributed by atoms with Crippen molar-refractivity contribution in [3.8, 4) is 0 Å². The van der Waals surface area contributed by atoms with Crippen molar-refractivity contribution in [1.82, 2.24) is 4.67 Å². The maximum atomic E-state index is 12.2. The minimum Gasteiger partial charge on any atom is -0.307 e. The van der Waals surface area contributed by atoms with E-state index in [0.717, 1.165) is 5.56 Å². The fraction of sp³-hybridized carbons (Fsp3) is 0.455. The first-order chi connectivity index (χ1) is 7.49. The van der Waals surface area contributed by atoms with Crippen molar-refractivity contribution < 1.29 is 9.09 Å². The Morgan fingerprint density at radius 2 is 2.00 bits per heavy atom. The van der Waals surface area contributed by atoms with E-state index in [0.29, 0.717) is 0 Å². The van der Waals surface area contributed by atoms with Crippen LogP contribution in [0.5, 0.6) is 0 Å². The number of hydrogen-bond acceptors (Lipinski definition) is 3. The van der Waals surface area contributed by atoms with Crippen molar-refractivity contribution in [2.24, 2.45) is 0 Å². The molecule has 0 saturated carbocycles. The maximum absolute atomic E-state index is 12.2. The molecule has 5 heteroatoms. The molecule has 3 nitrogen and oxygen atoms in total. The van der Waals surface area contributed by atoms with E-state index >= 15 is 0 Å². The Bertz CT molecular complexity index is 372. The van der Waals surface area contributed by atoms with Gasteiger partial charge in [0.05, 0.1) is 5.94 Å². The minimum atomic E-state index is -2.75. The highest BCUT2D eigenvalue weighted by atomic mass is 32.1. The van der Waals surface area contributed by atoms with E-state index in [1.54, 1.807) is 11.3 Å². The third-order valence-corrected chi connectivity index (χ3v) is 5.15. The highest BCUT2D eigenvalue weighted by Gasteiger charge is 2.27. The van der Waals surface area contributed by atoms with Gasteiger partial charge >= 0.3 is 0 Å². The van der Waals surface area contributed by atoms with Gasteiger partial charge < -0.3 is 4.52 Å². The first-order valence-corrected chi connectivity index (χ1v) is 7.76. The van der Waals surface area contributed by atoms with Gasteiger partial charge in [-0.2, -0.15) is 12.6 Å². The van der Waals surface area contributed by atoms with Crippen LogP contribution in [-0.4, -0.2) is 24.3 Å².